The van der Waals surface area contributed by atoms with Crippen molar-refractivity contribution < 1.29 is 9.53 Å². The normalized spacial score (nSPS) is 21.8. The van der Waals surface area contributed by atoms with E-state index in [2.05, 4.69) is 55.1 Å². The van der Waals surface area contributed by atoms with Crippen molar-refractivity contribution in [2.75, 3.05) is 53.0 Å². The van der Waals surface area contributed by atoms with Gasteiger partial charge in [0.15, 0.2) is 0 Å². The van der Waals surface area contributed by atoms with Gasteiger partial charge < -0.3 is 15.0 Å². The number of nitrogens with one attached hydrogen (secondary N) is 1. The molecule has 2 heterocycles. The molecule has 2 aliphatic heterocycles. The molecule has 150 valence electrons. The molecule has 1 amide bonds. The molecular weight excluding hydrogens is 338 g/mol. The first-order valence-corrected chi connectivity index (χ1v) is 10.2. The number of carbonyl (C=O) groups excluding carboxylic acids is 1. The van der Waals surface area contributed by atoms with Crippen LogP contribution >= 0.6 is 0 Å². The lowest BCUT2D eigenvalue weighted by Gasteiger charge is -2.49. The Morgan fingerprint density at radius 1 is 1.07 bits per heavy atom. The number of likely N-dealkylation sites (tertiary alicyclic amines) is 1. The van der Waals surface area contributed by atoms with Gasteiger partial charge in [0.2, 0.25) is 0 Å². The standard InChI is InChI=1S/C22H35N3O2/c1-21(2,3)19-7-5-18(6-8-19)20(26)23-17-22(9-11-24(4)12-10-22)25-13-15-27-16-14-25/h5-8H,9-17H2,1-4H3,(H,23,26). The molecule has 0 aliphatic carbocycles. The summed E-state index contributed by atoms with van der Waals surface area (Å²) in [6.45, 7) is 12.9. The molecule has 1 aromatic rings. The summed E-state index contributed by atoms with van der Waals surface area (Å²) >= 11 is 0. The molecule has 1 N–H and O–H groups in total. The van der Waals surface area contributed by atoms with Gasteiger partial charge in [0.25, 0.3) is 5.91 Å². The van der Waals surface area contributed by atoms with Crippen LogP contribution in [-0.4, -0.2) is 74.2 Å². The van der Waals surface area contributed by atoms with Crippen LogP contribution in [-0.2, 0) is 10.2 Å². The molecule has 0 bridgehead atoms. The van der Waals surface area contributed by atoms with Crippen molar-refractivity contribution in [2.24, 2.45) is 0 Å². The molecule has 1 aromatic carbocycles. The molecule has 2 saturated heterocycles. The highest BCUT2D eigenvalue weighted by molar-refractivity contribution is 5.94. The van der Waals surface area contributed by atoms with Crippen molar-refractivity contribution in [2.45, 2.75) is 44.6 Å². The Labute approximate surface area is 164 Å². The number of carbonyl (C=O) groups is 1. The fourth-order valence-electron chi connectivity index (χ4n) is 4.15. The van der Waals surface area contributed by atoms with E-state index in [4.69, 9.17) is 4.74 Å². The Morgan fingerprint density at radius 3 is 2.22 bits per heavy atom. The molecule has 0 radical (unpaired) electrons. The van der Waals surface area contributed by atoms with Crippen molar-refractivity contribution in [3.05, 3.63) is 35.4 Å². The Kier molecular flexibility index (Phi) is 6.24. The van der Waals surface area contributed by atoms with Crippen LogP contribution in [0.4, 0.5) is 0 Å². The minimum Gasteiger partial charge on any atom is -0.379 e. The van der Waals surface area contributed by atoms with E-state index in [1.165, 1.54) is 5.56 Å². The monoisotopic (exact) mass is 373 g/mol. The Bertz CT molecular complexity index is 622. The summed E-state index contributed by atoms with van der Waals surface area (Å²) < 4.78 is 5.55. The van der Waals surface area contributed by atoms with Crippen LogP contribution in [0.5, 0.6) is 0 Å². The number of amides is 1. The molecule has 0 saturated carbocycles. The second-order valence-corrected chi connectivity index (χ2v) is 9.14. The van der Waals surface area contributed by atoms with E-state index in [9.17, 15) is 4.79 Å². The van der Waals surface area contributed by atoms with Gasteiger partial charge in [-0.1, -0.05) is 32.9 Å². The number of hydrogen-bond acceptors (Lipinski definition) is 4. The lowest BCUT2D eigenvalue weighted by molar-refractivity contribution is -0.0439. The fraction of sp³-hybridized carbons (Fsp3) is 0.682. The minimum atomic E-state index is 0.0296. The Balaban J connectivity index is 1.66. The van der Waals surface area contributed by atoms with E-state index >= 15 is 0 Å². The molecule has 0 aromatic heterocycles. The maximum absolute atomic E-state index is 12.8. The zero-order valence-corrected chi connectivity index (χ0v) is 17.4. The van der Waals surface area contributed by atoms with Crippen LogP contribution in [0.1, 0.15) is 49.5 Å². The summed E-state index contributed by atoms with van der Waals surface area (Å²) in [7, 11) is 2.18. The molecule has 0 atom stereocenters. The molecule has 0 unspecified atom stereocenters. The third kappa shape index (κ3) is 4.89. The van der Waals surface area contributed by atoms with Crippen molar-refractivity contribution >= 4 is 5.91 Å². The number of benzene rings is 1. The van der Waals surface area contributed by atoms with Gasteiger partial charge in [-0.2, -0.15) is 0 Å². The van der Waals surface area contributed by atoms with Crippen LogP contribution in [0.2, 0.25) is 0 Å². The van der Waals surface area contributed by atoms with Crippen LogP contribution in [0.25, 0.3) is 0 Å². The van der Waals surface area contributed by atoms with Crippen molar-refractivity contribution in [3.63, 3.8) is 0 Å². The first kappa shape index (κ1) is 20.3. The molecule has 2 fully saturated rings. The van der Waals surface area contributed by atoms with Gasteiger partial charge in [0.1, 0.15) is 0 Å². The van der Waals surface area contributed by atoms with E-state index in [1.54, 1.807) is 0 Å². The SMILES string of the molecule is CN1CCC(CNC(=O)c2ccc(C(C)(C)C)cc2)(N2CCOCC2)CC1. The largest absolute Gasteiger partial charge is 0.379 e. The van der Waals surface area contributed by atoms with Crippen LogP contribution in [0.3, 0.4) is 0 Å². The molecule has 5 nitrogen and oxygen atoms in total. The smallest absolute Gasteiger partial charge is 0.251 e. The van der Waals surface area contributed by atoms with Crippen molar-refractivity contribution in [1.29, 1.82) is 0 Å². The number of piperidine rings is 1. The number of nitrogens with zero attached hydrogens (tertiary/aromatic N) is 2. The number of rotatable bonds is 4. The number of ether oxygens (including phenoxy) is 1. The number of morpholine rings is 1. The molecule has 5 heteroatoms. The fourth-order valence-corrected chi connectivity index (χ4v) is 4.15. The van der Waals surface area contributed by atoms with E-state index in [0.29, 0.717) is 6.54 Å². The topological polar surface area (TPSA) is 44.8 Å². The first-order chi connectivity index (χ1) is 12.8. The summed E-state index contributed by atoms with van der Waals surface area (Å²) in [6.07, 6.45) is 2.18. The zero-order valence-electron chi connectivity index (χ0n) is 17.4. The van der Waals surface area contributed by atoms with Gasteiger partial charge in [-0.25, -0.2) is 0 Å². The summed E-state index contributed by atoms with van der Waals surface area (Å²) in [4.78, 5) is 17.7. The molecule has 2 aliphatic rings. The highest BCUT2D eigenvalue weighted by Gasteiger charge is 2.40. The summed E-state index contributed by atoms with van der Waals surface area (Å²) in [5.74, 6) is 0.0296. The number of hydrogen-bond donors (Lipinski definition) is 1. The second-order valence-electron chi connectivity index (χ2n) is 9.14. The van der Waals surface area contributed by atoms with Crippen LogP contribution < -0.4 is 5.32 Å². The average Bonchev–Trinajstić information content (AvgIpc) is 2.68. The third-order valence-electron chi connectivity index (χ3n) is 6.19. The highest BCUT2D eigenvalue weighted by Crippen LogP contribution is 2.29. The maximum Gasteiger partial charge on any atom is 0.251 e. The Hall–Kier alpha value is -1.43. The van der Waals surface area contributed by atoms with Gasteiger partial charge in [-0.15, -0.1) is 0 Å². The lowest BCUT2D eigenvalue weighted by Crippen LogP contribution is -2.62. The van der Waals surface area contributed by atoms with Gasteiger partial charge in [0.05, 0.1) is 13.2 Å². The lowest BCUT2D eigenvalue weighted by atomic mass is 9.85. The average molecular weight is 374 g/mol. The molecule has 0 spiro atoms. The minimum absolute atomic E-state index is 0.0296. The molecule has 3 rings (SSSR count). The summed E-state index contributed by atoms with van der Waals surface area (Å²) in [5, 5.41) is 3.24. The molecule has 27 heavy (non-hydrogen) atoms. The van der Waals surface area contributed by atoms with Crippen molar-refractivity contribution in [1.82, 2.24) is 15.1 Å². The van der Waals surface area contributed by atoms with Gasteiger partial charge in [-0.3, -0.25) is 9.69 Å². The Morgan fingerprint density at radius 2 is 1.67 bits per heavy atom. The maximum atomic E-state index is 12.8. The third-order valence-corrected chi connectivity index (χ3v) is 6.19. The predicted molar refractivity (Wildman–Crippen MR) is 109 cm³/mol. The van der Waals surface area contributed by atoms with Crippen LogP contribution in [0.15, 0.2) is 24.3 Å². The summed E-state index contributed by atoms with van der Waals surface area (Å²) in [5.41, 5.74) is 2.15. The van der Waals surface area contributed by atoms with Gasteiger partial charge >= 0.3 is 0 Å². The second kappa shape index (κ2) is 8.29. The quantitative estimate of drug-likeness (QED) is 0.881. The van der Waals surface area contributed by atoms with Gasteiger partial charge in [0, 0.05) is 30.7 Å². The predicted octanol–water partition coefficient (Wildman–Crippen LogP) is 2.51. The van der Waals surface area contributed by atoms with E-state index < -0.39 is 0 Å². The van der Waals surface area contributed by atoms with E-state index in [1.807, 2.05) is 12.1 Å². The first-order valence-electron chi connectivity index (χ1n) is 10.2. The van der Waals surface area contributed by atoms with Crippen LogP contribution in [0, 0.1) is 0 Å². The highest BCUT2D eigenvalue weighted by atomic mass is 16.5. The zero-order chi connectivity index (χ0) is 19.5. The summed E-state index contributed by atoms with van der Waals surface area (Å²) in [6, 6.07) is 8.04. The van der Waals surface area contributed by atoms with E-state index in [0.717, 1.165) is 57.8 Å². The van der Waals surface area contributed by atoms with Crippen molar-refractivity contribution in [3.8, 4) is 0 Å². The van der Waals surface area contributed by atoms with Gasteiger partial charge in [-0.05, 0) is 56.1 Å². The molecular formula is C22H35N3O2. The van der Waals surface area contributed by atoms with E-state index in [-0.39, 0.29) is 16.9 Å².